The fraction of sp³-hybridized carbons (Fsp3) is 0.933. The Hall–Kier alpha value is -0.260. The van der Waals surface area contributed by atoms with Gasteiger partial charge in [-0.2, -0.15) is 0 Å². The molecular weight excluding hydrogens is 360 g/mol. The van der Waals surface area contributed by atoms with E-state index in [4.69, 9.17) is 0 Å². The van der Waals surface area contributed by atoms with Crippen LogP contribution in [0, 0.1) is 46.3 Å². The van der Waals surface area contributed by atoms with Crippen molar-refractivity contribution in [3.63, 3.8) is 0 Å². The van der Waals surface area contributed by atoms with E-state index in [1.807, 2.05) is 5.57 Å². The van der Waals surface area contributed by atoms with Crippen molar-refractivity contribution in [2.75, 3.05) is 0 Å². The Morgan fingerprint density at radius 3 is 2.53 bits per heavy atom. The lowest BCUT2D eigenvalue weighted by molar-refractivity contribution is -0.0458. The normalized spacial score (nSPS) is 43.1. The molecule has 0 aromatic carbocycles. The van der Waals surface area contributed by atoms with E-state index in [9.17, 15) is 0 Å². The van der Waals surface area contributed by atoms with E-state index in [1.165, 1.54) is 83.5 Å². The highest BCUT2D eigenvalue weighted by Crippen LogP contribution is 2.67. The minimum Gasteiger partial charge on any atom is -0.0845 e. The monoisotopic (exact) mass is 412 g/mol. The van der Waals surface area contributed by atoms with Crippen molar-refractivity contribution in [1.82, 2.24) is 0 Å². The van der Waals surface area contributed by atoms with Gasteiger partial charge in [0.1, 0.15) is 0 Å². The third-order valence-electron chi connectivity index (χ3n) is 11.0. The zero-order valence-electron chi connectivity index (χ0n) is 21.1. The number of hydrogen-bond donors (Lipinski definition) is 0. The average Bonchev–Trinajstić information content (AvgIpc) is 3.05. The van der Waals surface area contributed by atoms with Crippen LogP contribution in [0.25, 0.3) is 0 Å². The number of rotatable bonds is 8. The van der Waals surface area contributed by atoms with Gasteiger partial charge in [-0.15, -0.1) is 0 Å². The molecule has 0 aliphatic heterocycles. The Balaban J connectivity index is 1.42. The predicted octanol–water partition coefficient (Wildman–Crippen LogP) is 9.59. The standard InChI is InChI=1S/C30H52/c1-6-7-11-23-17-19-30(5)25(21-23)13-15-26-27-16-14-24(12-9-8-10-22(2)3)29(27,4)20-18-28(26)30/h13,22-24,26-28H,6-12,14-21H2,1-5H3/t23-,24-,26?,27?,28?,29+,30-/m0/s1. The fourth-order valence-corrected chi connectivity index (χ4v) is 9.00. The highest BCUT2D eigenvalue weighted by Gasteiger charge is 2.58. The smallest absolute Gasteiger partial charge is 0.00851 e. The summed E-state index contributed by atoms with van der Waals surface area (Å²) in [6.07, 6.45) is 25.0. The molecule has 7 atom stereocenters. The highest BCUT2D eigenvalue weighted by molar-refractivity contribution is 5.25. The van der Waals surface area contributed by atoms with Crippen molar-refractivity contribution in [2.24, 2.45) is 46.3 Å². The largest absolute Gasteiger partial charge is 0.0845 e. The molecule has 0 aromatic heterocycles. The lowest BCUT2D eigenvalue weighted by atomic mass is 9.46. The van der Waals surface area contributed by atoms with Crippen molar-refractivity contribution < 1.29 is 0 Å². The first-order valence-corrected chi connectivity index (χ1v) is 14.1. The molecule has 0 bridgehead atoms. The van der Waals surface area contributed by atoms with Gasteiger partial charge in [0.25, 0.3) is 0 Å². The van der Waals surface area contributed by atoms with Gasteiger partial charge in [0.05, 0.1) is 0 Å². The van der Waals surface area contributed by atoms with Crippen molar-refractivity contribution in [2.45, 2.75) is 131 Å². The molecule has 0 nitrogen and oxygen atoms in total. The van der Waals surface area contributed by atoms with Crippen LogP contribution in [-0.4, -0.2) is 0 Å². The molecule has 4 aliphatic rings. The summed E-state index contributed by atoms with van der Waals surface area (Å²) in [4.78, 5) is 0. The SMILES string of the molecule is CCCC[C@H]1CC[C@@]2(C)C(=CCC3C2CC[C@@]2(C)C3CC[C@@H]2CCCCC(C)C)C1. The van der Waals surface area contributed by atoms with E-state index in [-0.39, 0.29) is 0 Å². The Morgan fingerprint density at radius 2 is 1.77 bits per heavy atom. The first kappa shape index (κ1) is 22.9. The van der Waals surface area contributed by atoms with Gasteiger partial charge in [-0.25, -0.2) is 0 Å². The summed E-state index contributed by atoms with van der Waals surface area (Å²) in [5.74, 6) is 5.94. The molecule has 3 unspecified atom stereocenters. The Morgan fingerprint density at radius 1 is 0.933 bits per heavy atom. The maximum atomic E-state index is 2.79. The van der Waals surface area contributed by atoms with Gasteiger partial charge in [-0.05, 0) is 104 Å². The lowest BCUT2D eigenvalue weighted by Crippen LogP contribution is -2.50. The predicted molar refractivity (Wildman–Crippen MR) is 132 cm³/mol. The zero-order chi connectivity index (χ0) is 21.4. The lowest BCUT2D eigenvalue weighted by Gasteiger charge is -2.58. The van der Waals surface area contributed by atoms with Crippen LogP contribution in [0.15, 0.2) is 11.6 Å². The summed E-state index contributed by atoms with van der Waals surface area (Å²) in [7, 11) is 0. The van der Waals surface area contributed by atoms with Crippen LogP contribution in [0.3, 0.4) is 0 Å². The molecule has 4 aliphatic carbocycles. The number of hydrogen-bond acceptors (Lipinski definition) is 0. The molecule has 3 saturated carbocycles. The Kier molecular flexibility index (Phi) is 7.11. The zero-order valence-corrected chi connectivity index (χ0v) is 21.1. The quantitative estimate of drug-likeness (QED) is 0.275. The van der Waals surface area contributed by atoms with Crippen molar-refractivity contribution >= 4 is 0 Å². The van der Waals surface area contributed by atoms with Crippen molar-refractivity contribution in [1.29, 1.82) is 0 Å². The number of allylic oxidation sites excluding steroid dienone is 2. The molecular formula is C30H52. The van der Waals surface area contributed by atoms with Crippen LogP contribution in [0.1, 0.15) is 131 Å². The maximum Gasteiger partial charge on any atom is -0.00851 e. The topological polar surface area (TPSA) is 0 Å². The molecule has 0 heterocycles. The summed E-state index contributed by atoms with van der Waals surface area (Å²) in [5.41, 5.74) is 3.13. The molecule has 0 radical (unpaired) electrons. The van der Waals surface area contributed by atoms with Gasteiger partial charge < -0.3 is 0 Å². The number of unbranched alkanes of at least 4 members (excludes halogenated alkanes) is 2. The Labute approximate surface area is 189 Å². The van der Waals surface area contributed by atoms with Crippen LogP contribution in [0.4, 0.5) is 0 Å². The van der Waals surface area contributed by atoms with Gasteiger partial charge in [0, 0.05) is 0 Å². The third-order valence-corrected chi connectivity index (χ3v) is 11.0. The second kappa shape index (κ2) is 9.31. The minimum absolute atomic E-state index is 0.558. The molecule has 0 N–H and O–H groups in total. The van der Waals surface area contributed by atoms with Crippen molar-refractivity contribution in [3.8, 4) is 0 Å². The molecule has 3 fully saturated rings. The second-order valence-corrected chi connectivity index (χ2v) is 13.0. The molecule has 30 heavy (non-hydrogen) atoms. The van der Waals surface area contributed by atoms with Gasteiger partial charge in [-0.3, -0.25) is 0 Å². The van der Waals surface area contributed by atoms with Gasteiger partial charge in [-0.1, -0.05) is 84.8 Å². The van der Waals surface area contributed by atoms with Crippen LogP contribution in [0.5, 0.6) is 0 Å². The molecule has 0 amide bonds. The van der Waals surface area contributed by atoms with E-state index in [1.54, 1.807) is 12.8 Å². The van der Waals surface area contributed by atoms with Gasteiger partial charge in [0.2, 0.25) is 0 Å². The van der Waals surface area contributed by atoms with E-state index in [0.717, 1.165) is 35.5 Å². The summed E-state index contributed by atoms with van der Waals surface area (Å²) in [6.45, 7) is 12.6. The van der Waals surface area contributed by atoms with Gasteiger partial charge in [0.15, 0.2) is 0 Å². The molecule has 0 saturated heterocycles. The van der Waals surface area contributed by atoms with E-state index < -0.39 is 0 Å². The summed E-state index contributed by atoms with van der Waals surface area (Å²) in [5, 5.41) is 0. The summed E-state index contributed by atoms with van der Waals surface area (Å²) in [6, 6.07) is 0. The second-order valence-electron chi connectivity index (χ2n) is 13.0. The third kappa shape index (κ3) is 4.20. The van der Waals surface area contributed by atoms with Crippen molar-refractivity contribution in [3.05, 3.63) is 11.6 Å². The maximum absolute atomic E-state index is 2.79. The molecule has 0 heteroatoms. The fourth-order valence-electron chi connectivity index (χ4n) is 9.00. The van der Waals surface area contributed by atoms with Crippen LogP contribution >= 0.6 is 0 Å². The highest BCUT2D eigenvalue weighted by atomic mass is 14.6. The molecule has 4 rings (SSSR count). The van der Waals surface area contributed by atoms with Crippen LogP contribution < -0.4 is 0 Å². The van der Waals surface area contributed by atoms with E-state index >= 15 is 0 Å². The van der Waals surface area contributed by atoms with Crippen LogP contribution in [-0.2, 0) is 0 Å². The summed E-state index contributed by atoms with van der Waals surface area (Å²) < 4.78 is 0. The molecule has 0 aromatic rings. The Bertz CT molecular complexity index is 599. The number of fused-ring (bicyclic) bond motifs is 5. The van der Waals surface area contributed by atoms with E-state index in [0.29, 0.717) is 10.8 Å². The molecule has 172 valence electrons. The first-order chi connectivity index (χ1) is 14.4. The van der Waals surface area contributed by atoms with Gasteiger partial charge >= 0.3 is 0 Å². The first-order valence-electron chi connectivity index (χ1n) is 14.1. The van der Waals surface area contributed by atoms with E-state index in [2.05, 4.69) is 40.7 Å². The summed E-state index contributed by atoms with van der Waals surface area (Å²) >= 11 is 0. The minimum atomic E-state index is 0.558. The van der Waals surface area contributed by atoms with Crippen LogP contribution in [0.2, 0.25) is 0 Å². The average molecular weight is 413 g/mol. The molecule has 0 spiro atoms.